The zero-order chi connectivity index (χ0) is 5.70. The van der Waals surface area contributed by atoms with Crippen LogP contribution in [0.5, 0.6) is 0 Å². The molecule has 0 bridgehead atoms. The second kappa shape index (κ2) is 8.63. The predicted octanol–water partition coefficient (Wildman–Crippen LogP) is -0.800. The van der Waals surface area contributed by atoms with Gasteiger partial charge in [0, 0.05) is 11.8 Å². The maximum atomic E-state index is 10.1. The number of rotatable bonds is 3. The average Bonchev–Trinajstić information content (AvgIpc) is 1.61. The summed E-state index contributed by atoms with van der Waals surface area (Å²) in [6, 6.07) is 0. The molecular formula is C4H7Br2NaO. The molecule has 0 aromatic rings. The first-order valence-electron chi connectivity index (χ1n) is 2.01. The van der Waals surface area contributed by atoms with Crippen LogP contribution in [0.1, 0.15) is 14.3 Å². The Hall–Kier alpha value is 1.63. The molecule has 0 aromatic carbocycles. The van der Waals surface area contributed by atoms with Crippen molar-refractivity contribution in [3.05, 3.63) is 0 Å². The molecule has 0 saturated carbocycles. The van der Waals surface area contributed by atoms with Crippen LogP contribution in [0.3, 0.4) is 0 Å². The topological polar surface area (TPSA) is 17.1 Å². The number of halogens is 2. The minimum Gasteiger partial charge on any atom is -1.00 e. The van der Waals surface area contributed by atoms with E-state index in [2.05, 4.69) is 31.9 Å². The molecule has 0 radical (unpaired) electrons. The molecular weight excluding hydrogens is 247 g/mol. The summed E-state index contributed by atoms with van der Waals surface area (Å²) in [6.45, 7) is 0. The van der Waals surface area contributed by atoms with Crippen molar-refractivity contribution in [2.45, 2.75) is 12.8 Å². The van der Waals surface area contributed by atoms with E-state index >= 15 is 0 Å². The molecule has 1 nitrogen and oxygen atoms in total. The van der Waals surface area contributed by atoms with Gasteiger partial charge in [0.15, 0.2) is 4.69 Å². The van der Waals surface area contributed by atoms with Crippen LogP contribution in [-0.4, -0.2) is 10.0 Å². The Morgan fingerprint density at radius 3 is 2.25 bits per heavy atom. The van der Waals surface area contributed by atoms with E-state index < -0.39 is 0 Å². The van der Waals surface area contributed by atoms with E-state index in [1.165, 1.54) is 0 Å². The Kier molecular flexibility index (Phi) is 13.3. The van der Waals surface area contributed by atoms with Gasteiger partial charge in [0.05, 0.1) is 0 Å². The van der Waals surface area contributed by atoms with Crippen molar-refractivity contribution in [3.8, 4) is 0 Å². The maximum Gasteiger partial charge on any atom is 1.00 e. The van der Waals surface area contributed by atoms with Crippen LogP contribution in [0.4, 0.5) is 0 Å². The third-order valence-electron chi connectivity index (χ3n) is 0.507. The van der Waals surface area contributed by atoms with Crippen molar-refractivity contribution < 1.29 is 35.8 Å². The van der Waals surface area contributed by atoms with Crippen LogP contribution in [0, 0.1) is 0 Å². The van der Waals surface area contributed by atoms with E-state index in [1.54, 1.807) is 0 Å². The summed E-state index contributed by atoms with van der Waals surface area (Å²) in [4.78, 5) is 10.1. The van der Waals surface area contributed by atoms with E-state index in [9.17, 15) is 4.79 Å². The number of carbonyl (C=O) groups excluding carboxylic acids is 1. The van der Waals surface area contributed by atoms with Crippen LogP contribution in [0.15, 0.2) is 0 Å². The zero-order valence-corrected chi connectivity index (χ0v) is 9.96. The SMILES string of the molecule is O=C(Br)CCCBr.[H-].[Na+]. The van der Waals surface area contributed by atoms with Crippen molar-refractivity contribution in [1.29, 1.82) is 0 Å². The Bertz CT molecular complexity index is 71.6. The van der Waals surface area contributed by atoms with Gasteiger partial charge in [-0.3, -0.25) is 4.79 Å². The normalized spacial score (nSPS) is 7.75. The number of alkyl halides is 1. The van der Waals surface area contributed by atoms with E-state index in [4.69, 9.17) is 0 Å². The summed E-state index contributed by atoms with van der Waals surface area (Å²) in [5.41, 5.74) is 0. The third kappa shape index (κ3) is 10.6. The van der Waals surface area contributed by atoms with Crippen LogP contribution in [-0.2, 0) is 4.79 Å². The van der Waals surface area contributed by atoms with Gasteiger partial charge < -0.3 is 1.43 Å². The Labute approximate surface area is 89.6 Å². The number of carbonyl (C=O) groups is 1. The van der Waals surface area contributed by atoms with Crippen molar-refractivity contribution in [2.24, 2.45) is 0 Å². The van der Waals surface area contributed by atoms with Crippen molar-refractivity contribution in [2.75, 3.05) is 5.33 Å². The van der Waals surface area contributed by atoms with Gasteiger partial charge in [-0.1, -0.05) is 15.9 Å². The summed E-state index contributed by atoms with van der Waals surface area (Å²) in [5.74, 6) is 0. The molecule has 0 rings (SSSR count). The maximum absolute atomic E-state index is 10.1. The Morgan fingerprint density at radius 2 is 2.12 bits per heavy atom. The summed E-state index contributed by atoms with van der Waals surface area (Å²) < 4.78 is 0.0898. The molecule has 8 heavy (non-hydrogen) atoms. The van der Waals surface area contributed by atoms with Gasteiger partial charge in [0.1, 0.15) is 0 Å². The molecule has 4 heteroatoms. The zero-order valence-electron chi connectivity index (χ0n) is 5.79. The fourth-order valence-electron chi connectivity index (χ4n) is 0.206. The second-order valence-electron chi connectivity index (χ2n) is 1.15. The summed E-state index contributed by atoms with van der Waals surface area (Å²) in [6.07, 6.45) is 1.55. The molecule has 0 atom stereocenters. The van der Waals surface area contributed by atoms with Crippen LogP contribution in [0.25, 0.3) is 0 Å². The minimum absolute atomic E-state index is 0. The quantitative estimate of drug-likeness (QED) is 0.366. The van der Waals surface area contributed by atoms with E-state index in [-0.39, 0.29) is 35.7 Å². The van der Waals surface area contributed by atoms with Gasteiger partial charge in [0.25, 0.3) is 0 Å². The van der Waals surface area contributed by atoms with Gasteiger partial charge >= 0.3 is 29.6 Å². The summed E-state index contributed by atoms with van der Waals surface area (Å²) in [7, 11) is 0. The van der Waals surface area contributed by atoms with Crippen LogP contribution >= 0.6 is 31.9 Å². The van der Waals surface area contributed by atoms with Crippen molar-refractivity contribution in [3.63, 3.8) is 0 Å². The molecule has 0 N–H and O–H groups in total. The van der Waals surface area contributed by atoms with Gasteiger partial charge in [-0.2, -0.15) is 0 Å². The standard InChI is InChI=1S/C4H6Br2O.Na.H/c5-3-1-2-4(6)7;;/h1-3H2;;/q;+1;-1. The van der Waals surface area contributed by atoms with Gasteiger partial charge in [-0.05, 0) is 22.4 Å². The predicted molar refractivity (Wildman–Crippen MR) is 38.1 cm³/mol. The molecule has 44 valence electrons. The fraction of sp³-hybridized carbons (Fsp3) is 0.750. The molecule has 0 spiro atoms. The monoisotopic (exact) mass is 252 g/mol. The van der Waals surface area contributed by atoms with Crippen molar-refractivity contribution >= 4 is 36.6 Å². The van der Waals surface area contributed by atoms with E-state index in [1.807, 2.05) is 0 Å². The molecule has 0 aliphatic carbocycles. The Balaban J connectivity index is -0.000000180. The van der Waals surface area contributed by atoms with Crippen LogP contribution in [0.2, 0.25) is 0 Å². The second-order valence-corrected chi connectivity index (χ2v) is 2.83. The fourth-order valence-corrected chi connectivity index (χ4v) is 0.767. The van der Waals surface area contributed by atoms with Crippen molar-refractivity contribution in [1.82, 2.24) is 0 Å². The average molecular weight is 254 g/mol. The molecule has 0 fully saturated rings. The third-order valence-corrected chi connectivity index (χ3v) is 1.46. The van der Waals surface area contributed by atoms with Crippen LogP contribution < -0.4 is 29.6 Å². The molecule has 0 amide bonds. The smallest absolute Gasteiger partial charge is 1.00 e. The van der Waals surface area contributed by atoms with Gasteiger partial charge in [-0.25, -0.2) is 0 Å². The molecule has 0 heterocycles. The molecule has 0 unspecified atom stereocenters. The first-order chi connectivity index (χ1) is 3.27. The molecule has 0 aliphatic rings. The summed E-state index contributed by atoms with van der Waals surface area (Å²) >= 11 is 6.02. The molecule has 0 aromatic heterocycles. The van der Waals surface area contributed by atoms with Gasteiger partial charge in [-0.15, -0.1) is 0 Å². The molecule has 0 aliphatic heterocycles. The summed E-state index contributed by atoms with van der Waals surface area (Å²) in [5, 5.41) is 0.907. The first kappa shape index (κ1) is 12.3. The van der Waals surface area contributed by atoms with Gasteiger partial charge in [0.2, 0.25) is 0 Å². The Morgan fingerprint density at radius 1 is 1.62 bits per heavy atom. The molecule has 0 saturated heterocycles. The largest absolute Gasteiger partial charge is 1.00 e. The minimum atomic E-state index is 0. The van der Waals surface area contributed by atoms with E-state index in [0.717, 1.165) is 11.8 Å². The number of hydrogen-bond donors (Lipinski definition) is 0. The first-order valence-corrected chi connectivity index (χ1v) is 3.93. The number of hydrogen-bond acceptors (Lipinski definition) is 1. The van der Waals surface area contributed by atoms with E-state index in [0.29, 0.717) is 6.42 Å².